The lowest BCUT2D eigenvalue weighted by Gasteiger charge is -2.07. The summed E-state index contributed by atoms with van der Waals surface area (Å²) in [6.45, 7) is 0.483. The summed E-state index contributed by atoms with van der Waals surface area (Å²) in [6.07, 6.45) is 5.65. The number of fused-ring (bicyclic) bond motifs is 1. The number of hydrogen-bond acceptors (Lipinski definition) is 7. The second kappa shape index (κ2) is 7.50. The van der Waals surface area contributed by atoms with E-state index in [1.807, 2.05) is 17.5 Å². The van der Waals surface area contributed by atoms with Gasteiger partial charge in [-0.1, -0.05) is 0 Å². The monoisotopic (exact) mass is 380 g/mol. The molecule has 0 aromatic carbocycles. The molecule has 4 rings (SSSR count). The van der Waals surface area contributed by atoms with Gasteiger partial charge in [0.25, 0.3) is 5.91 Å². The maximum atomic E-state index is 12.7. The Hall–Kier alpha value is -3.33. The van der Waals surface area contributed by atoms with Crippen LogP contribution in [0.4, 0.5) is 0 Å². The summed E-state index contributed by atoms with van der Waals surface area (Å²) in [5.74, 6) is 0.731. The number of H-pyrrole nitrogens is 1. The molecule has 0 fully saturated rings. The number of ether oxygens (including phenoxy) is 1. The first-order valence-corrected chi connectivity index (χ1v) is 9.13. The number of pyridine rings is 1. The van der Waals surface area contributed by atoms with E-state index in [2.05, 4.69) is 30.2 Å². The van der Waals surface area contributed by atoms with Crippen molar-refractivity contribution >= 4 is 27.5 Å². The molecule has 0 aliphatic rings. The van der Waals surface area contributed by atoms with Crippen molar-refractivity contribution in [2.45, 2.75) is 6.42 Å². The number of methoxy groups -OCH3 is 1. The van der Waals surface area contributed by atoms with Crippen LogP contribution in [0.1, 0.15) is 16.2 Å². The predicted molar refractivity (Wildman–Crippen MR) is 102 cm³/mol. The number of carbonyl (C=O) groups is 1. The lowest BCUT2D eigenvalue weighted by molar-refractivity contribution is 0.0951. The minimum absolute atomic E-state index is 0.230. The average Bonchev–Trinajstić information content (AvgIpc) is 3.39. The SMILES string of the molecule is COc1ccc(-c2nc(C(=O)NCCc3cnc[nH]3)c3sccc3n2)cn1. The van der Waals surface area contributed by atoms with Crippen molar-refractivity contribution in [1.82, 2.24) is 30.2 Å². The van der Waals surface area contributed by atoms with E-state index in [1.54, 1.807) is 31.9 Å². The molecule has 1 amide bonds. The molecule has 136 valence electrons. The molecule has 2 N–H and O–H groups in total. The second-order valence-electron chi connectivity index (χ2n) is 5.70. The molecule has 0 atom stereocenters. The van der Waals surface area contributed by atoms with E-state index < -0.39 is 0 Å². The fourth-order valence-electron chi connectivity index (χ4n) is 2.60. The van der Waals surface area contributed by atoms with Gasteiger partial charge in [0, 0.05) is 42.7 Å². The molecular weight excluding hydrogens is 364 g/mol. The Kier molecular flexibility index (Phi) is 4.75. The molecule has 0 radical (unpaired) electrons. The Morgan fingerprint density at radius 1 is 1.26 bits per heavy atom. The molecule has 0 aliphatic heterocycles. The van der Waals surface area contributed by atoms with Gasteiger partial charge in [0.2, 0.25) is 5.88 Å². The van der Waals surface area contributed by atoms with Crippen molar-refractivity contribution in [2.75, 3.05) is 13.7 Å². The highest BCUT2D eigenvalue weighted by molar-refractivity contribution is 7.17. The van der Waals surface area contributed by atoms with Gasteiger partial charge in [-0.15, -0.1) is 11.3 Å². The topological polar surface area (TPSA) is 106 Å². The number of imidazole rings is 1. The predicted octanol–water partition coefficient (Wildman–Crippen LogP) is 2.46. The van der Waals surface area contributed by atoms with Crippen molar-refractivity contribution in [3.05, 3.63) is 53.7 Å². The molecule has 0 unspecified atom stereocenters. The minimum atomic E-state index is -0.230. The normalized spacial score (nSPS) is 10.9. The number of aromatic amines is 1. The molecule has 8 nitrogen and oxygen atoms in total. The number of nitrogens with zero attached hydrogens (tertiary/aromatic N) is 4. The van der Waals surface area contributed by atoms with Crippen LogP contribution in [0.25, 0.3) is 21.6 Å². The van der Waals surface area contributed by atoms with Gasteiger partial charge >= 0.3 is 0 Å². The molecule has 9 heteroatoms. The number of nitrogens with one attached hydrogen (secondary N) is 2. The minimum Gasteiger partial charge on any atom is -0.481 e. The number of hydrogen-bond donors (Lipinski definition) is 2. The van der Waals surface area contributed by atoms with Crippen molar-refractivity contribution in [2.24, 2.45) is 0 Å². The Labute approximate surface area is 158 Å². The van der Waals surface area contributed by atoms with Gasteiger partial charge in [0.15, 0.2) is 5.82 Å². The van der Waals surface area contributed by atoms with E-state index in [4.69, 9.17) is 4.74 Å². The molecule has 4 aromatic heterocycles. The first kappa shape index (κ1) is 17.1. The summed E-state index contributed by atoms with van der Waals surface area (Å²) < 4.78 is 5.84. The fourth-order valence-corrected chi connectivity index (χ4v) is 3.41. The van der Waals surface area contributed by atoms with Gasteiger partial charge in [-0.3, -0.25) is 4.79 Å². The van der Waals surface area contributed by atoms with Crippen LogP contribution in [0.15, 0.2) is 42.3 Å². The lowest BCUT2D eigenvalue weighted by Crippen LogP contribution is -2.27. The number of thiophene rings is 1. The van der Waals surface area contributed by atoms with E-state index in [0.29, 0.717) is 30.4 Å². The smallest absolute Gasteiger partial charge is 0.271 e. The molecule has 0 spiro atoms. The average molecular weight is 380 g/mol. The quantitative estimate of drug-likeness (QED) is 0.532. The summed E-state index contributed by atoms with van der Waals surface area (Å²) >= 11 is 1.45. The molecule has 0 saturated heterocycles. The highest BCUT2D eigenvalue weighted by Crippen LogP contribution is 2.26. The van der Waals surface area contributed by atoms with Gasteiger partial charge in [-0.2, -0.15) is 0 Å². The number of rotatable bonds is 6. The van der Waals surface area contributed by atoms with Crippen LogP contribution in [-0.2, 0) is 6.42 Å². The van der Waals surface area contributed by atoms with Gasteiger partial charge < -0.3 is 15.0 Å². The number of amides is 1. The van der Waals surface area contributed by atoms with Gasteiger partial charge in [0.05, 0.1) is 23.7 Å². The summed E-state index contributed by atoms with van der Waals surface area (Å²) in [5.41, 5.74) is 2.78. The highest BCUT2D eigenvalue weighted by Gasteiger charge is 2.17. The van der Waals surface area contributed by atoms with E-state index in [-0.39, 0.29) is 5.91 Å². The summed E-state index contributed by atoms with van der Waals surface area (Å²) in [4.78, 5) is 32.9. The summed E-state index contributed by atoms with van der Waals surface area (Å²) in [6, 6.07) is 5.43. The van der Waals surface area contributed by atoms with Crippen LogP contribution >= 0.6 is 11.3 Å². The van der Waals surface area contributed by atoms with Crippen molar-refractivity contribution < 1.29 is 9.53 Å². The molecular formula is C18H16N6O2S. The van der Waals surface area contributed by atoms with Gasteiger partial charge in [-0.05, 0) is 17.5 Å². The Bertz CT molecular complexity index is 1060. The van der Waals surface area contributed by atoms with Crippen LogP contribution in [-0.4, -0.2) is 44.5 Å². The van der Waals surface area contributed by atoms with Gasteiger partial charge in [-0.25, -0.2) is 19.9 Å². The zero-order valence-corrected chi connectivity index (χ0v) is 15.3. The van der Waals surface area contributed by atoms with E-state index in [9.17, 15) is 4.79 Å². The first-order chi connectivity index (χ1) is 13.2. The van der Waals surface area contributed by atoms with Crippen LogP contribution < -0.4 is 10.1 Å². The molecule has 0 saturated carbocycles. The van der Waals surface area contributed by atoms with E-state index in [0.717, 1.165) is 21.5 Å². The molecule has 4 heterocycles. The highest BCUT2D eigenvalue weighted by atomic mass is 32.1. The molecule has 0 aliphatic carbocycles. The van der Waals surface area contributed by atoms with Crippen LogP contribution in [0.5, 0.6) is 5.88 Å². The first-order valence-electron chi connectivity index (χ1n) is 8.25. The number of aromatic nitrogens is 5. The van der Waals surface area contributed by atoms with E-state index >= 15 is 0 Å². The largest absolute Gasteiger partial charge is 0.481 e. The zero-order chi connectivity index (χ0) is 18.6. The van der Waals surface area contributed by atoms with Gasteiger partial charge in [0.1, 0.15) is 5.69 Å². The Morgan fingerprint density at radius 2 is 2.19 bits per heavy atom. The maximum absolute atomic E-state index is 12.7. The summed E-state index contributed by atoms with van der Waals surface area (Å²) in [5, 5.41) is 4.81. The Morgan fingerprint density at radius 3 is 2.93 bits per heavy atom. The van der Waals surface area contributed by atoms with Crippen molar-refractivity contribution in [3.8, 4) is 17.3 Å². The van der Waals surface area contributed by atoms with Crippen molar-refractivity contribution in [1.29, 1.82) is 0 Å². The molecule has 4 aromatic rings. The van der Waals surface area contributed by atoms with Crippen LogP contribution in [0, 0.1) is 0 Å². The molecule has 0 bridgehead atoms. The third kappa shape index (κ3) is 3.63. The van der Waals surface area contributed by atoms with Crippen LogP contribution in [0.2, 0.25) is 0 Å². The standard InChI is InChI=1S/C18H16N6O2S/c1-26-14-3-2-11(8-21-14)17-23-13-5-7-27-16(13)15(24-17)18(25)20-6-4-12-9-19-10-22-12/h2-3,5,7-10H,4,6H2,1H3,(H,19,22)(H,20,25). The van der Waals surface area contributed by atoms with Crippen LogP contribution in [0.3, 0.4) is 0 Å². The van der Waals surface area contributed by atoms with E-state index in [1.165, 1.54) is 11.3 Å². The molecule has 27 heavy (non-hydrogen) atoms. The maximum Gasteiger partial charge on any atom is 0.271 e. The number of carbonyl (C=O) groups excluding carboxylic acids is 1. The zero-order valence-electron chi connectivity index (χ0n) is 14.5. The fraction of sp³-hybridized carbons (Fsp3) is 0.167. The summed E-state index contributed by atoms with van der Waals surface area (Å²) in [7, 11) is 1.56. The second-order valence-corrected chi connectivity index (χ2v) is 6.62. The Balaban J connectivity index is 1.60. The lowest BCUT2D eigenvalue weighted by atomic mass is 10.2. The third-order valence-corrected chi connectivity index (χ3v) is 4.87. The third-order valence-electron chi connectivity index (χ3n) is 3.96. The van der Waals surface area contributed by atoms with Crippen molar-refractivity contribution in [3.63, 3.8) is 0 Å².